The maximum Gasteiger partial charge on any atom is 0.294 e. The monoisotopic (exact) mass is 249 g/mol. The van der Waals surface area contributed by atoms with Gasteiger partial charge in [0.15, 0.2) is 5.58 Å². The summed E-state index contributed by atoms with van der Waals surface area (Å²) in [6.45, 7) is 1.69. The molecule has 0 saturated carbocycles. The van der Waals surface area contributed by atoms with Gasteiger partial charge in [0.1, 0.15) is 0 Å². The first kappa shape index (κ1) is 12.0. The summed E-state index contributed by atoms with van der Waals surface area (Å²) in [6.07, 6.45) is 0. The summed E-state index contributed by atoms with van der Waals surface area (Å²) in [5.74, 6) is 0. The molecule has 0 aliphatic rings. The standard InChI is InChI=1S/C8H7NO4S.ClH/c1-5-7-4-6(14(10,11)12)2-3-8(7)13-9-5;/h2-4H,1H3,(H,10,11,12);1H. The fraction of sp³-hybridized carbons (Fsp3) is 0.125. The minimum atomic E-state index is -4.16. The topological polar surface area (TPSA) is 80.4 Å². The van der Waals surface area contributed by atoms with Crippen molar-refractivity contribution in [1.82, 2.24) is 5.16 Å². The summed E-state index contributed by atoms with van der Waals surface area (Å²) >= 11 is 0. The predicted molar refractivity (Wildman–Crippen MR) is 55.8 cm³/mol. The van der Waals surface area contributed by atoms with Crippen molar-refractivity contribution in [2.24, 2.45) is 0 Å². The van der Waals surface area contributed by atoms with Gasteiger partial charge in [-0.2, -0.15) is 8.42 Å². The highest BCUT2D eigenvalue weighted by Gasteiger charge is 2.12. The van der Waals surface area contributed by atoms with Crippen LogP contribution in [0.15, 0.2) is 27.6 Å². The predicted octanol–water partition coefficient (Wildman–Crippen LogP) is 1.80. The van der Waals surface area contributed by atoms with Crippen LogP contribution in [-0.4, -0.2) is 18.1 Å². The number of nitrogens with zero attached hydrogens (tertiary/aromatic N) is 1. The van der Waals surface area contributed by atoms with Gasteiger partial charge in [-0.25, -0.2) is 0 Å². The van der Waals surface area contributed by atoms with Crippen molar-refractivity contribution in [3.8, 4) is 0 Å². The number of hydrogen-bond acceptors (Lipinski definition) is 4. The van der Waals surface area contributed by atoms with Crippen LogP contribution in [0.4, 0.5) is 0 Å². The van der Waals surface area contributed by atoms with E-state index in [9.17, 15) is 8.42 Å². The molecule has 15 heavy (non-hydrogen) atoms. The molecule has 0 spiro atoms. The van der Waals surface area contributed by atoms with Crippen molar-refractivity contribution >= 4 is 33.5 Å². The van der Waals surface area contributed by atoms with Crippen LogP contribution in [0.1, 0.15) is 5.69 Å². The molecular formula is C8H8ClNO4S. The molecule has 2 rings (SSSR count). The Morgan fingerprint density at radius 3 is 2.67 bits per heavy atom. The van der Waals surface area contributed by atoms with Crippen LogP contribution in [-0.2, 0) is 10.1 Å². The van der Waals surface area contributed by atoms with Crippen molar-refractivity contribution in [2.75, 3.05) is 0 Å². The van der Waals surface area contributed by atoms with Gasteiger partial charge in [0, 0.05) is 5.39 Å². The second-order valence-electron chi connectivity index (χ2n) is 2.90. The summed E-state index contributed by atoms with van der Waals surface area (Å²) in [5.41, 5.74) is 1.08. The highest BCUT2D eigenvalue weighted by Crippen LogP contribution is 2.21. The average Bonchev–Trinajstić information content (AvgIpc) is 2.46. The van der Waals surface area contributed by atoms with Crippen LogP contribution < -0.4 is 0 Å². The van der Waals surface area contributed by atoms with E-state index in [1.165, 1.54) is 18.2 Å². The van der Waals surface area contributed by atoms with Gasteiger partial charge in [0.2, 0.25) is 0 Å². The Hall–Kier alpha value is -1.11. The highest BCUT2D eigenvalue weighted by molar-refractivity contribution is 7.85. The van der Waals surface area contributed by atoms with Crippen molar-refractivity contribution in [1.29, 1.82) is 0 Å². The summed E-state index contributed by atoms with van der Waals surface area (Å²) in [6, 6.07) is 4.05. The lowest BCUT2D eigenvalue weighted by Gasteiger charge is -1.95. The molecule has 1 aromatic heterocycles. The normalized spacial score (nSPS) is 11.3. The minimum absolute atomic E-state index is 0. The zero-order valence-electron chi connectivity index (χ0n) is 7.67. The van der Waals surface area contributed by atoms with Crippen LogP contribution in [0.5, 0.6) is 0 Å². The number of benzene rings is 1. The molecule has 0 unspecified atom stereocenters. The SMILES string of the molecule is Cc1noc2ccc(S(=O)(=O)O)cc12.Cl. The molecule has 1 N–H and O–H groups in total. The van der Waals surface area contributed by atoms with Crippen molar-refractivity contribution in [3.05, 3.63) is 23.9 Å². The molecule has 1 heterocycles. The lowest BCUT2D eigenvalue weighted by atomic mass is 10.2. The van der Waals surface area contributed by atoms with Crippen LogP contribution in [0, 0.1) is 6.92 Å². The van der Waals surface area contributed by atoms with E-state index in [0.29, 0.717) is 16.7 Å². The van der Waals surface area contributed by atoms with E-state index >= 15 is 0 Å². The Morgan fingerprint density at radius 1 is 1.40 bits per heavy atom. The Bertz CT molecular complexity index is 590. The molecule has 0 aliphatic carbocycles. The van der Waals surface area contributed by atoms with E-state index in [1.54, 1.807) is 6.92 Å². The molecule has 0 atom stereocenters. The zero-order valence-corrected chi connectivity index (χ0v) is 9.30. The largest absolute Gasteiger partial charge is 0.356 e. The van der Waals surface area contributed by atoms with E-state index in [4.69, 9.17) is 9.08 Å². The number of fused-ring (bicyclic) bond motifs is 1. The summed E-state index contributed by atoms with van der Waals surface area (Å²) in [5, 5.41) is 4.25. The quantitative estimate of drug-likeness (QED) is 0.780. The highest BCUT2D eigenvalue weighted by atomic mass is 35.5. The van der Waals surface area contributed by atoms with E-state index in [0.717, 1.165) is 0 Å². The molecule has 0 aliphatic heterocycles. The molecule has 82 valence electrons. The van der Waals surface area contributed by atoms with Crippen LogP contribution in [0.25, 0.3) is 11.0 Å². The number of aromatic nitrogens is 1. The third kappa shape index (κ3) is 2.11. The molecule has 0 fully saturated rings. The van der Waals surface area contributed by atoms with E-state index in [1.807, 2.05) is 0 Å². The lowest BCUT2D eigenvalue weighted by Crippen LogP contribution is -1.97. The third-order valence-electron chi connectivity index (χ3n) is 1.92. The molecule has 0 amide bonds. The summed E-state index contributed by atoms with van der Waals surface area (Å²) in [4.78, 5) is -0.156. The molecule has 5 nitrogen and oxygen atoms in total. The second kappa shape index (κ2) is 3.80. The Labute approximate surface area is 92.2 Å². The smallest absolute Gasteiger partial charge is 0.294 e. The maximum absolute atomic E-state index is 10.8. The van der Waals surface area contributed by atoms with Gasteiger partial charge in [-0.05, 0) is 25.1 Å². The molecule has 0 saturated heterocycles. The maximum atomic E-state index is 10.8. The second-order valence-corrected chi connectivity index (χ2v) is 4.32. The fourth-order valence-corrected chi connectivity index (χ4v) is 1.71. The van der Waals surface area contributed by atoms with Crippen molar-refractivity contribution in [3.63, 3.8) is 0 Å². The molecule has 2 aromatic rings. The number of rotatable bonds is 1. The number of hydrogen-bond donors (Lipinski definition) is 1. The molecule has 0 radical (unpaired) electrons. The van der Waals surface area contributed by atoms with Gasteiger partial charge in [0.05, 0.1) is 10.6 Å². The van der Waals surface area contributed by atoms with E-state index in [2.05, 4.69) is 5.16 Å². The van der Waals surface area contributed by atoms with Gasteiger partial charge in [-0.15, -0.1) is 12.4 Å². The van der Waals surface area contributed by atoms with E-state index in [-0.39, 0.29) is 17.3 Å². The average molecular weight is 250 g/mol. The molecule has 0 bridgehead atoms. The van der Waals surface area contributed by atoms with E-state index < -0.39 is 10.1 Å². The van der Waals surface area contributed by atoms with Gasteiger partial charge >= 0.3 is 0 Å². The van der Waals surface area contributed by atoms with Gasteiger partial charge in [0.25, 0.3) is 10.1 Å². The van der Waals surface area contributed by atoms with Crippen LogP contribution >= 0.6 is 12.4 Å². The lowest BCUT2D eigenvalue weighted by molar-refractivity contribution is 0.450. The summed E-state index contributed by atoms with van der Waals surface area (Å²) in [7, 11) is -4.16. The Morgan fingerprint density at radius 2 is 2.07 bits per heavy atom. The van der Waals surface area contributed by atoms with Crippen LogP contribution in [0.2, 0.25) is 0 Å². The first-order valence-electron chi connectivity index (χ1n) is 3.82. The number of halogens is 1. The van der Waals surface area contributed by atoms with Gasteiger partial charge in [-0.1, -0.05) is 5.16 Å². The minimum Gasteiger partial charge on any atom is -0.356 e. The number of aryl methyl sites for hydroxylation is 1. The molecule has 7 heteroatoms. The van der Waals surface area contributed by atoms with Crippen LogP contribution in [0.3, 0.4) is 0 Å². The zero-order chi connectivity index (χ0) is 10.3. The van der Waals surface area contributed by atoms with Crippen molar-refractivity contribution < 1.29 is 17.5 Å². The first-order valence-corrected chi connectivity index (χ1v) is 5.26. The fourth-order valence-electron chi connectivity index (χ4n) is 1.20. The Kier molecular flexibility index (Phi) is 3.03. The molecule has 1 aromatic carbocycles. The van der Waals surface area contributed by atoms with Gasteiger partial charge < -0.3 is 4.52 Å². The first-order chi connectivity index (χ1) is 6.48. The third-order valence-corrected chi connectivity index (χ3v) is 2.77. The summed E-state index contributed by atoms with van der Waals surface area (Å²) < 4.78 is 35.3. The molecular weight excluding hydrogens is 242 g/mol. The Balaban J connectivity index is 0.00000112. The van der Waals surface area contributed by atoms with Gasteiger partial charge in [-0.3, -0.25) is 4.55 Å². The van der Waals surface area contributed by atoms with Crippen molar-refractivity contribution in [2.45, 2.75) is 11.8 Å².